The molecule has 0 fully saturated rings. The molecule has 0 saturated heterocycles. The highest BCUT2D eigenvalue weighted by Crippen LogP contribution is 2.20. The Balaban J connectivity index is 1.67. The average Bonchev–Trinajstić information content (AvgIpc) is 2.64. The quantitative estimate of drug-likeness (QED) is 0.686. The van der Waals surface area contributed by atoms with Crippen molar-refractivity contribution in [2.75, 3.05) is 10.6 Å². The van der Waals surface area contributed by atoms with E-state index in [1.807, 2.05) is 49.4 Å². The molecule has 0 unspecified atom stereocenters. The van der Waals surface area contributed by atoms with Crippen LogP contribution in [-0.4, -0.2) is 10.9 Å². The van der Waals surface area contributed by atoms with Crippen LogP contribution in [0.4, 0.5) is 11.4 Å². The number of aryl methyl sites for hydroxylation is 1. The van der Waals surface area contributed by atoms with Crippen molar-refractivity contribution in [2.45, 2.75) is 13.5 Å². The van der Waals surface area contributed by atoms with E-state index in [-0.39, 0.29) is 5.91 Å². The van der Waals surface area contributed by atoms with E-state index in [0.29, 0.717) is 22.8 Å². The number of pyridine rings is 1. The number of benzene rings is 2. The van der Waals surface area contributed by atoms with Crippen LogP contribution in [0, 0.1) is 6.92 Å². The highest BCUT2D eigenvalue weighted by molar-refractivity contribution is 6.31. The predicted octanol–water partition coefficient (Wildman–Crippen LogP) is 4.91. The Labute approximate surface area is 151 Å². The number of carbonyl (C=O) groups is 1. The second kappa shape index (κ2) is 7.81. The third-order valence-corrected chi connectivity index (χ3v) is 4.18. The molecule has 1 heterocycles. The lowest BCUT2D eigenvalue weighted by molar-refractivity contribution is 0.102. The van der Waals surface area contributed by atoms with Crippen molar-refractivity contribution in [1.82, 2.24) is 4.98 Å². The maximum Gasteiger partial charge on any atom is 0.257 e. The van der Waals surface area contributed by atoms with E-state index in [1.165, 1.54) is 0 Å². The lowest BCUT2D eigenvalue weighted by atomic mass is 10.2. The molecule has 0 spiro atoms. The zero-order valence-corrected chi connectivity index (χ0v) is 14.5. The van der Waals surface area contributed by atoms with Crippen molar-refractivity contribution < 1.29 is 4.79 Å². The molecule has 0 radical (unpaired) electrons. The molecule has 2 N–H and O–H groups in total. The molecule has 2 aromatic carbocycles. The average molecular weight is 352 g/mol. The zero-order valence-electron chi connectivity index (χ0n) is 13.8. The highest BCUT2D eigenvalue weighted by Gasteiger charge is 2.08. The van der Waals surface area contributed by atoms with Gasteiger partial charge in [0, 0.05) is 29.6 Å². The topological polar surface area (TPSA) is 54.0 Å². The van der Waals surface area contributed by atoms with E-state index in [0.717, 1.165) is 16.8 Å². The number of hydrogen-bond donors (Lipinski definition) is 2. The van der Waals surface area contributed by atoms with Gasteiger partial charge < -0.3 is 10.6 Å². The molecule has 0 saturated carbocycles. The molecular weight excluding hydrogens is 334 g/mol. The van der Waals surface area contributed by atoms with Gasteiger partial charge in [0.15, 0.2) is 0 Å². The number of amides is 1. The number of nitrogens with zero attached hydrogens (tertiary/aromatic N) is 1. The number of hydrogen-bond acceptors (Lipinski definition) is 3. The van der Waals surface area contributed by atoms with Gasteiger partial charge in [-0.1, -0.05) is 48.0 Å². The Morgan fingerprint density at radius 2 is 1.84 bits per heavy atom. The van der Waals surface area contributed by atoms with Crippen LogP contribution in [0.2, 0.25) is 5.02 Å². The Bertz CT molecular complexity index is 881. The van der Waals surface area contributed by atoms with Crippen LogP contribution in [0.25, 0.3) is 0 Å². The standard InChI is InChI=1S/C20H18ClN3O/c1-14-7-8-17(10-19(14)21)24-20(25)16-9-18(13-22-12-16)23-11-15-5-3-2-4-6-15/h2-10,12-13,23H,11H2,1H3,(H,24,25). The van der Waals surface area contributed by atoms with Gasteiger partial charge in [-0.05, 0) is 36.2 Å². The minimum Gasteiger partial charge on any atom is -0.380 e. The lowest BCUT2D eigenvalue weighted by Crippen LogP contribution is -2.13. The fraction of sp³-hybridized carbons (Fsp3) is 0.100. The number of rotatable bonds is 5. The van der Waals surface area contributed by atoms with E-state index < -0.39 is 0 Å². The van der Waals surface area contributed by atoms with Crippen molar-refractivity contribution in [3.63, 3.8) is 0 Å². The maximum atomic E-state index is 12.4. The van der Waals surface area contributed by atoms with Crippen LogP contribution >= 0.6 is 11.6 Å². The summed E-state index contributed by atoms with van der Waals surface area (Å²) >= 11 is 6.09. The molecule has 5 heteroatoms. The van der Waals surface area contributed by atoms with Crippen molar-refractivity contribution >= 4 is 28.9 Å². The summed E-state index contributed by atoms with van der Waals surface area (Å²) in [4.78, 5) is 16.6. The Hall–Kier alpha value is -2.85. The summed E-state index contributed by atoms with van der Waals surface area (Å²) in [6, 6.07) is 17.3. The van der Waals surface area contributed by atoms with Crippen LogP contribution < -0.4 is 10.6 Å². The molecule has 1 amide bonds. The molecule has 126 valence electrons. The summed E-state index contributed by atoms with van der Waals surface area (Å²) in [5, 5.41) is 6.73. The van der Waals surface area contributed by atoms with Crippen LogP contribution in [0.3, 0.4) is 0 Å². The Kier molecular flexibility index (Phi) is 5.31. The molecule has 3 rings (SSSR count). The van der Waals surface area contributed by atoms with Gasteiger partial charge in [0.25, 0.3) is 5.91 Å². The summed E-state index contributed by atoms with van der Waals surface area (Å²) in [5.74, 6) is -0.226. The molecule has 0 bridgehead atoms. The second-order valence-electron chi connectivity index (χ2n) is 5.72. The Morgan fingerprint density at radius 3 is 2.60 bits per heavy atom. The van der Waals surface area contributed by atoms with Crippen molar-refractivity contribution in [1.29, 1.82) is 0 Å². The number of anilines is 2. The van der Waals surface area contributed by atoms with E-state index in [1.54, 1.807) is 24.5 Å². The fourth-order valence-electron chi connectivity index (χ4n) is 2.33. The predicted molar refractivity (Wildman–Crippen MR) is 102 cm³/mol. The molecule has 3 aromatic rings. The first-order valence-electron chi connectivity index (χ1n) is 7.92. The largest absolute Gasteiger partial charge is 0.380 e. The number of carbonyl (C=O) groups excluding carboxylic acids is 1. The molecule has 25 heavy (non-hydrogen) atoms. The van der Waals surface area contributed by atoms with Gasteiger partial charge >= 0.3 is 0 Å². The van der Waals surface area contributed by atoms with Gasteiger partial charge in [0.1, 0.15) is 0 Å². The maximum absolute atomic E-state index is 12.4. The summed E-state index contributed by atoms with van der Waals surface area (Å²) in [6.45, 7) is 2.58. The third kappa shape index (κ3) is 4.58. The molecule has 0 aliphatic rings. The van der Waals surface area contributed by atoms with E-state index in [9.17, 15) is 4.79 Å². The first kappa shape index (κ1) is 17.0. The molecule has 0 aliphatic heterocycles. The lowest BCUT2D eigenvalue weighted by Gasteiger charge is -2.09. The third-order valence-electron chi connectivity index (χ3n) is 3.77. The number of nitrogens with one attached hydrogen (secondary N) is 2. The molecule has 0 atom stereocenters. The number of halogens is 1. The van der Waals surface area contributed by atoms with Crippen molar-refractivity contribution in [3.05, 3.63) is 88.7 Å². The van der Waals surface area contributed by atoms with Gasteiger partial charge in [0.2, 0.25) is 0 Å². The highest BCUT2D eigenvalue weighted by atomic mass is 35.5. The van der Waals surface area contributed by atoms with Gasteiger partial charge in [-0.15, -0.1) is 0 Å². The van der Waals surface area contributed by atoms with E-state index in [2.05, 4.69) is 15.6 Å². The normalized spacial score (nSPS) is 10.3. The summed E-state index contributed by atoms with van der Waals surface area (Å²) in [5.41, 5.74) is 4.05. The SMILES string of the molecule is Cc1ccc(NC(=O)c2cncc(NCc3ccccc3)c2)cc1Cl. The fourth-order valence-corrected chi connectivity index (χ4v) is 2.52. The van der Waals surface area contributed by atoms with Gasteiger partial charge in [0.05, 0.1) is 11.3 Å². The summed E-state index contributed by atoms with van der Waals surface area (Å²) in [6.07, 6.45) is 3.24. The monoisotopic (exact) mass is 351 g/mol. The van der Waals surface area contributed by atoms with Crippen molar-refractivity contribution in [2.24, 2.45) is 0 Å². The van der Waals surface area contributed by atoms with E-state index >= 15 is 0 Å². The first-order chi connectivity index (χ1) is 12.1. The molecule has 1 aromatic heterocycles. The number of aromatic nitrogens is 1. The molecule has 4 nitrogen and oxygen atoms in total. The molecule has 0 aliphatic carbocycles. The zero-order chi connectivity index (χ0) is 17.6. The van der Waals surface area contributed by atoms with E-state index in [4.69, 9.17) is 11.6 Å². The van der Waals surface area contributed by atoms with Gasteiger partial charge in [-0.25, -0.2) is 0 Å². The van der Waals surface area contributed by atoms with Crippen molar-refractivity contribution in [3.8, 4) is 0 Å². The van der Waals surface area contributed by atoms with Gasteiger partial charge in [-0.2, -0.15) is 0 Å². The van der Waals surface area contributed by atoms with Crippen LogP contribution in [0.1, 0.15) is 21.5 Å². The second-order valence-corrected chi connectivity index (χ2v) is 6.13. The summed E-state index contributed by atoms with van der Waals surface area (Å²) in [7, 11) is 0. The first-order valence-corrected chi connectivity index (χ1v) is 8.30. The van der Waals surface area contributed by atoms with Crippen LogP contribution in [0.5, 0.6) is 0 Å². The minimum absolute atomic E-state index is 0.226. The van der Waals surface area contributed by atoms with Crippen LogP contribution in [0.15, 0.2) is 67.0 Å². The molecular formula is C20H18ClN3O. The minimum atomic E-state index is -0.226. The van der Waals surface area contributed by atoms with Crippen LogP contribution in [-0.2, 0) is 6.54 Å². The summed E-state index contributed by atoms with van der Waals surface area (Å²) < 4.78 is 0. The smallest absolute Gasteiger partial charge is 0.257 e. The van der Waals surface area contributed by atoms with Gasteiger partial charge in [-0.3, -0.25) is 9.78 Å². The Morgan fingerprint density at radius 1 is 1.04 bits per heavy atom.